The third-order valence-corrected chi connectivity index (χ3v) is 6.01. The molecule has 0 atom stereocenters. The van der Waals surface area contributed by atoms with Crippen LogP contribution in [0.1, 0.15) is 55.7 Å². The van der Waals surface area contributed by atoms with Gasteiger partial charge in [0.15, 0.2) is 5.96 Å². The molecule has 3 rings (SSSR count). The van der Waals surface area contributed by atoms with Crippen LogP contribution < -0.4 is 10.6 Å². The first-order valence-electron chi connectivity index (χ1n) is 12.0. The first-order chi connectivity index (χ1) is 15.7. The Balaban J connectivity index is 0.00000385. The van der Waals surface area contributed by atoms with Gasteiger partial charge in [-0.2, -0.15) is 0 Å². The molecule has 1 aromatic carbocycles. The maximum Gasteiger partial charge on any atom is 0.191 e. The smallest absolute Gasteiger partial charge is 0.191 e. The maximum absolute atomic E-state index is 6.13. The highest BCUT2D eigenvalue weighted by Crippen LogP contribution is 2.17. The summed E-state index contributed by atoms with van der Waals surface area (Å²) in [5.41, 5.74) is 3.56. The monoisotopic (exact) mass is 569 g/mol. The first kappa shape index (κ1) is 27.6. The van der Waals surface area contributed by atoms with Crippen LogP contribution in [-0.4, -0.2) is 55.4 Å². The van der Waals surface area contributed by atoms with Crippen LogP contribution in [-0.2, 0) is 30.7 Å². The van der Waals surface area contributed by atoms with Crippen molar-refractivity contribution in [2.24, 2.45) is 4.99 Å². The van der Waals surface area contributed by atoms with Gasteiger partial charge in [0.05, 0.1) is 11.8 Å². The molecule has 33 heavy (non-hydrogen) atoms. The Labute approximate surface area is 215 Å². The molecule has 2 N–H and O–H groups in total. The van der Waals surface area contributed by atoms with Crippen LogP contribution in [0.15, 0.2) is 39.8 Å². The van der Waals surface area contributed by atoms with Gasteiger partial charge in [-0.15, -0.1) is 24.0 Å². The van der Waals surface area contributed by atoms with Crippen LogP contribution >= 0.6 is 24.0 Å². The number of ether oxygens (including phenoxy) is 1. The molecule has 0 unspecified atom stereocenters. The van der Waals surface area contributed by atoms with Crippen LogP contribution in [0.3, 0.4) is 0 Å². The van der Waals surface area contributed by atoms with E-state index in [-0.39, 0.29) is 24.0 Å². The van der Waals surface area contributed by atoms with Gasteiger partial charge in [-0.05, 0) is 31.2 Å². The van der Waals surface area contributed by atoms with E-state index in [4.69, 9.17) is 9.26 Å². The lowest BCUT2D eigenvalue weighted by Crippen LogP contribution is -2.38. The number of halogens is 1. The number of hydrogen-bond donors (Lipinski definition) is 2. The number of rotatable bonds is 11. The van der Waals surface area contributed by atoms with Gasteiger partial charge >= 0.3 is 0 Å². The summed E-state index contributed by atoms with van der Waals surface area (Å²) in [5, 5.41) is 10.9. The average Bonchev–Trinajstić information content (AvgIpc) is 3.24. The Bertz CT molecular complexity index is 798. The summed E-state index contributed by atoms with van der Waals surface area (Å²) in [6, 6.07) is 10.7. The summed E-state index contributed by atoms with van der Waals surface area (Å²) in [5.74, 6) is 1.75. The predicted molar refractivity (Wildman–Crippen MR) is 144 cm³/mol. The van der Waals surface area contributed by atoms with Crippen molar-refractivity contribution < 1.29 is 9.26 Å². The predicted octanol–water partition coefficient (Wildman–Crippen LogP) is 4.15. The van der Waals surface area contributed by atoms with E-state index in [0.29, 0.717) is 12.6 Å². The molecule has 7 nitrogen and oxygen atoms in total. The second kappa shape index (κ2) is 15.3. The number of hydrogen-bond acceptors (Lipinski definition) is 5. The van der Waals surface area contributed by atoms with Crippen molar-refractivity contribution >= 4 is 29.9 Å². The van der Waals surface area contributed by atoms with Gasteiger partial charge in [-0.1, -0.05) is 49.3 Å². The summed E-state index contributed by atoms with van der Waals surface area (Å²) < 4.78 is 11.6. The lowest BCUT2D eigenvalue weighted by Gasteiger charge is -2.32. The van der Waals surface area contributed by atoms with E-state index in [1.807, 2.05) is 0 Å². The Morgan fingerprint density at radius 3 is 2.58 bits per heavy atom. The van der Waals surface area contributed by atoms with E-state index in [9.17, 15) is 0 Å². The molecule has 2 heterocycles. The molecule has 8 heteroatoms. The van der Waals surface area contributed by atoms with Crippen LogP contribution in [0.5, 0.6) is 0 Å². The zero-order valence-electron chi connectivity index (χ0n) is 20.3. The van der Waals surface area contributed by atoms with Crippen LogP contribution in [0.25, 0.3) is 0 Å². The molecule has 0 radical (unpaired) electrons. The average molecular weight is 570 g/mol. The van der Waals surface area contributed by atoms with E-state index in [0.717, 1.165) is 87.9 Å². The Kier molecular flexibility index (Phi) is 12.8. The molecule has 0 bridgehead atoms. The van der Waals surface area contributed by atoms with Crippen molar-refractivity contribution in [3.05, 3.63) is 52.9 Å². The number of aryl methyl sites for hydroxylation is 2. The number of nitrogens with zero attached hydrogens (tertiary/aromatic N) is 3. The number of aromatic nitrogens is 1. The van der Waals surface area contributed by atoms with Crippen LogP contribution in [0.4, 0.5) is 0 Å². The fourth-order valence-corrected chi connectivity index (χ4v) is 4.14. The Morgan fingerprint density at radius 2 is 1.91 bits per heavy atom. The van der Waals surface area contributed by atoms with Crippen molar-refractivity contribution in [2.75, 3.05) is 33.3 Å². The Hall–Kier alpha value is -1.65. The number of nitrogens with one attached hydrogen (secondary N) is 2. The Morgan fingerprint density at radius 1 is 1.15 bits per heavy atom. The fraction of sp³-hybridized carbons (Fsp3) is 0.600. The highest BCUT2D eigenvalue weighted by atomic mass is 127. The molecule has 0 spiro atoms. The van der Waals surface area contributed by atoms with Gasteiger partial charge in [0.1, 0.15) is 5.76 Å². The minimum absolute atomic E-state index is 0. The zero-order chi connectivity index (χ0) is 22.6. The van der Waals surface area contributed by atoms with Crippen molar-refractivity contribution in [2.45, 2.75) is 65.1 Å². The van der Waals surface area contributed by atoms with Crippen molar-refractivity contribution in [1.29, 1.82) is 0 Å². The first-order valence-corrected chi connectivity index (χ1v) is 12.0. The van der Waals surface area contributed by atoms with Crippen LogP contribution in [0.2, 0.25) is 0 Å². The standard InChI is InChI=1S/C25H39N5O2.HI/c1-4-23-22(24(5-2)32-29-23)18-28-25(26-3)27-14-9-17-31-21-12-15-30(16-13-21)19-20-10-7-6-8-11-20;/h6-8,10-11,21H,4-5,9,12-19H2,1-3H3,(H2,26,27,28);1H. The molecule has 2 aromatic rings. The molecule has 1 fully saturated rings. The maximum atomic E-state index is 6.13. The molecule has 1 aliphatic rings. The largest absolute Gasteiger partial charge is 0.378 e. The second-order valence-corrected chi connectivity index (χ2v) is 8.28. The summed E-state index contributed by atoms with van der Waals surface area (Å²) in [6.45, 7) is 9.72. The third-order valence-electron chi connectivity index (χ3n) is 6.01. The molecule has 1 aliphatic heterocycles. The number of benzene rings is 1. The van der Waals surface area contributed by atoms with E-state index in [1.165, 1.54) is 5.56 Å². The number of aliphatic imine (C=N–C) groups is 1. The van der Waals surface area contributed by atoms with Gasteiger partial charge in [-0.25, -0.2) is 0 Å². The summed E-state index contributed by atoms with van der Waals surface area (Å²) in [4.78, 5) is 6.85. The quantitative estimate of drug-likeness (QED) is 0.183. The van der Waals surface area contributed by atoms with E-state index < -0.39 is 0 Å². The van der Waals surface area contributed by atoms with Crippen molar-refractivity contribution in [3.63, 3.8) is 0 Å². The van der Waals surface area contributed by atoms with Gasteiger partial charge in [0.2, 0.25) is 0 Å². The lowest BCUT2D eigenvalue weighted by molar-refractivity contribution is 0.00534. The van der Waals surface area contributed by atoms with Crippen molar-refractivity contribution in [3.8, 4) is 0 Å². The van der Waals surface area contributed by atoms with E-state index >= 15 is 0 Å². The van der Waals surface area contributed by atoms with Gasteiger partial charge < -0.3 is 19.9 Å². The van der Waals surface area contributed by atoms with E-state index in [2.05, 4.69) is 69.9 Å². The fourth-order valence-electron chi connectivity index (χ4n) is 4.14. The topological polar surface area (TPSA) is 74.9 Å². The molecular formula is C25H40IN5O2. The highest BCUT2D eigenvalue weighted by molar-refractivity contribution is 14.0. The van der Waals surface area contributed by atoms with Gasteiger partial charge in [0.25, 0.3) is 0 Å². The molecule has 0 saturated carbocycles. The molecule has 1 aromatic heterocycles. The van der Waals surface area contributed by atoms with E-state index in [1.54, 1.807) is 7.05 Å². The molecule has 0 amide bonds. The third kappa shape index (κ3) is 8.90. The van der Waals surface area contributed by atoms with Crippen LogP contribution in [0, 0.1) is 0 Å². The van der Waals surface area contributed by atoms with Crippen molar-refractivity contribution in [1.82, 2.24) is 20.7 Å². The number of guanidine groups is 1. The zero-order valence-corrected chi connectivity index (χ0v) is 22.6. The number of piperidine rings is 1. The summed E-state index contributed by atoms with van der Waals surface area (Å²) in [6.07, 6.45) is 5.28. The minimum Gasteiger partial charge on any atom is -0.378 e. The molecule has 1 saturated heterocycles. The minimum atomic E-state index is 0. The second-order valence-electron chi connectivity index (χ2n) is 8.28. The van der Waals surface area contributed by atoms with Gasteiger partial charge in [-0.3, -0.25) is 9.89 Å². The van der Waals surface area contributed by atoms with Gasteiger partial charge in [0, 0.05) is 58.4 Å². The molecular weight excluding hydrogens is 529 g/mol. The molecule has 184 valence electrons. The molecule has 0 aliphatic carbocycles. The summed E-state index contributed by atoms with van der Waals surface area (Å²) >= 11 is 0. The SMILES string of the molecule is CCc1noc(CC)c1CNC(=NC)NCCCOC1CCN(Cc2ccccc2)CC1.I. The lowest BCUT2D eigenvalue weighted by atomic mass is 10.1. The number of likely N-dealkylation sites (tertiary alicyclic amines) is 1. The summed E-state index contributed by atoms with van der Waals surface area (Å²) in [7, 11) is 1.80. The normalized spacial score (nSPS) is 15.3. The highest BCUT2D eigenvalue weighted by Gasteiger charge is 2.19.